The summed E-state index contributed by atoms with van der Waals surface area (Å²) in [5, 5.41) is 11.4. The fourth-order valence-electron chi connectivity index (χ4n) is 3.96. The van der Waals surface area contributed by atoms with Crippen LogP contribution in [0.25, 0.3) is 12.2 Å². The van der Waals surface area contributed by atoms with Crippen molar-refractivity contribution in [3.05, 3.63) is 113 Å². The Bertz CT molecular complexity index is 1590. The van der Waals surface area contributed by atoms with Crippen LogP contribution < -0.4 is 0 Å². The van der Waals surface area contributed by atoms with Gasteiger partial charge in [0.1, 0.15) is 23.4 Å². The molecule has 3 aromatic rings. The summed E-state index contributed by atoms with van der Waals surface area (Å²) < 4.78 is 42.8. The largest absolute Gasteiger partial charge is 0.457 e. The molecule has 0 radical (unpaired) electrons. The topological polar surface area (TPSA) is 116 Å². The third-order valence-corrected chi connectivity index (χ3v) is 7.32. The number of hydrogen-bond donors (Lipinski definition) is 1. The second kappa shape index (κ2) is 14.2. The van der Waals surface area contributed by atoms with E-state index in [1.165, 1.54) is 24.3 Å². The highest BCUT2D eigenvalue weighted by Crippen LogP contribution is 2.35. The molecule has 0 saturated carbocycles. The van der Waals surface area contributed by atoms with Crippen LogP contribution in [-0.4, -0.2) is 36.7 Å². The van der Waals surface area contributed by atoms with E-state index in [2.05, 4.69) is 0 Å². The summed E-state index contributed by atoms with van der Waals surface area (Å²) in [6.07, 6.45) is 3.12. The Morgan fingerprint density at radius 2 is 1.09 bits per heavy atom. The van der Waals surface area contributed by atoms with E-state index in [0.29, 0.717) is 22.3 Å². The zero-order chi connectivity index (χ0) is 32.7. The maximum atomic E-state index is 13.3. The summed E-state index contributed by atoms with van der Waals surface area (Å²) in [5.41, 5.74) is 1.79. The zero-order valence-electron chi connectivity index (χ0n) is 26.1. The van der Waals surface area contributed by atoms with Crippen LogP contribution in [0.1, 0.15) is 81.6 Å². The van der Waals surface area contributed by atoms with Crippen LogP contribution in [0.3, 0.4) is 0 Å². The summed E-state index contributed by atoms with van der Waals surface area (Å²) in [6.45, 7) is 12.5. The quantitative estimate of drug-likeness (QED) is 0.148. The van der Waals surface area contributed by atoms with Gasteiger partial charge in [-0.1, -0.05) is 66.2 Å². The standard InChI is InChI=1S/C35H40O8S/c1-24-8-20-29(21-9-24)44(39,40)43-33(28-18-12-26(13-19-28)15-23-31(37)42-35(5,6)7)32(38)27-16-10-25(11-17-27)14-22-30(36)41-34(2,3)4/h8-23,32-33,38H,1-7H3/b22-14+,23-15+. The van der Waals surface area contributed by atoms with E-state index in [9.17, 15) is 23.1 Å². The summed E-state index contributed by atoms with van der Waals surface area (Å²) >= 11 is 0. The summed E-state index contributed by atoms with van der Waals surface area (Å²) in [7, 11) is -4.27. The number of ether oxygens (including phenoxy) is 2. The van der Waals surface area contributed by atoms with Crippen LogP contribution in [0.4, 0.5) is 0 Å². The van der Waals surface area contributed by atoms with Crippen molar-refractivity contribution in [3.63, 3.8) is 0 Å². The van der Waals surface area contributed by atoms with Crippen LogP contribution in [0.5, 0.6) is 0 Å². The molecule has 0 saturated heterocycles. The molecule has 3 aromatic carbocycles. The molecule has 8 nitrogen and oxygen atoms in total. The first kappa shape index (κ1) is 34.4. The molecule has 0 amide bonds. The van der Waals surface area contributed by atoms with Gasteiger partial charge in [0.05, 0.1) is 4.90 Å². The maximum Gasteiger partial charge on any atom is 0.331 e. The number of aliphatic hydroxyl groups is 1. The lowest BCUT2D eigenvalue weighted by Gasteiger charge is -2.24. The summed E-state index contributed by atoms with van der Waals surface area (Å²) in [6, 6.07) is 19.5. The lowest BCUT2D eigenvalue weighted by Crippen LogP contribution is -2.22. The molecular weight excluding hydrogens is 580 g/mol. The molecule has 1 N–H and O–H groups in total. The van der Waals surface area contributed by atoms with Crippen LogP contribution in [0.2, 0.25) is 0 Å². The number of hydrogen-bond acceptors (Lipinski definition) is 8. The molecule has 0 spiro atoms. The van der Waals surface area contributed by atoms with E-state index < -0.39 is 45.5 Å². The van der Waals surface area contributed by atoms with Gasteiger partial charge in [-0.3, -0.25) is 4.18 Å². The number of aryl methyl sites for hydroxylation is 1. The smallest absolute Gasteiger partial charge is 0.331 e. The van der Waals surface area contributed by atoms with E-state index in [4.69, 9.17) is 13.7 Å². The second-order valence-electron chi connectivity index (χ2n) is 12.3. The lowest BCUT2D eigenvalue weighted by atomic mass is 9.96. The third-order valence-electron chi connectivity index (χ3n) is 6.01. The monoisotopic (exact) mass is 620 g/mol. The Hall–Kier alpha value is -4.05. The number of carbonyl (C=O) groups excluding carboxylic acids is 2. The molecule has 0 heterocycles. The molecule has 0 aliphatic rings. The van der Waals surface area contributed by atoms with E-state index in [-0.39, 0.29) is 4.90 Å². The Kier molecular flexibility index (Phi) is 11.1. The second-order valence-corrected chi connectivity index (χ2v) is 13.9. The molecule has 0 aliphatic carbocycles. The van der Waals surface area contributed by atoms with Gasteiger partial charge in [-0.2, -0.15) is 8.42 Å². The van der Waals surface area contributed by atoms with Gasteiger partial charge in [0.25, 0.3) is 10.1 Å². The van der Waals surface area contributed by atoms with Gasteiger partial charge < -0.3 is 14.6 Å². The molecule has 0 aromatic heterocycles. The fraction of sp³-hybridized carbons (Fsp3) is 0.314. The van der Waals surface area contributed by atoms with Crippen LogP contribution in [0, 0.1) is 6.92 Å². The highest BCUT2D eigenvalue weighted by Gasteiger charge is 2.30. The predicted octanol–water partition coefficient (Wildman–Crippen LogP) is 6.89. The molecule has 0 fully saturated rings. The van der Waals surface area contributed by atoms with Gasteiger partial charge in [-0.15, -0.1) is 0 Å². The average molecular weight is 621 g/mol. The molecule has 2 unspecified atom stereocenters. The molecule has 3 rings (SSSR count). The minimum atomic E-state index is -4.27. The van der Waals surface area contributed by atoms with Gasteiger partial charge in [-0.25, -0.2) is 9.59 Å². The highest BCUT2D eigenvalue weighted by atomic mass is 32.2. The first-order chi connectivity index (χ1) is 20.4. The van der Waals surface area contributed by atoms with E-state index in [1.54, 1.807) is 114 Å². The third kappa shape index (κ3) is 10.9. The number of aliphatic hydroxyl groups excluding tert-OH is 1. The number of esters is 2. The first-order valence-electron chi connectivity index (χ1n) is 14.1. The van der Waals surface area contributed by atoms with Crippen molar-refractivity contribution in [2.24, 2.45) is 0 Å². The minimum absolute atomic E-state index is 0.0418. The van der Waals surface area contributed by atoms with Crippen molar-refractivity contribution in [2.45, 2.75) is 76.8 Å². The fourth-order valence-corrected chi connectivity index (χ4v) is 5.03. The van der Waals surface area contributed by atoms with Crippen molar-refractivity contribution in [1.82, 2.24) is 0 Å². The number of rotatable bonds is 10. The van der Waals surface area contributed by atoms with Crippen LogP contribution in [-0.2, 0) is 33.4 Å². The van der Waals surface area contributed by atoms with Gasteiger partial charge >= 0.3 is 11.9 Å². The van der Waals surface area contributed by atoms with Crippen LogP contribution in [0.15, 0.2) is 89.8 Å². The van der Waals surface area contributed by atoms with Crippen molar-refractivity contribution in [3.8, 4) is 0 Å². The van der Waals surface area contributed by atoms with Gasteiger partial charge in [0.2, 0.25) is 0 Å². The van der Waals surface area contributed by atoms with Crippen LogP contribution >= 0.6 is 0 Å². The number of carbonyl (C=O) groups is 2. The highest BCUT2D eigenvalue weighted by molar-refractivity contribution is 7.86. The molecule has 44 heavy (non-hydrogen) atoms. The Labute approximate surface area is 260 Å². The van der Waals surface area contributed by atoms with Gasteiger partial charge in [-0.05, 0) is 95.0 Å². The zero-order valence-corrected chi connectivity index (χ0v) is 26.9. The Balaban J connectivity index is 1.89. The van der Waals surface area contributed by atoms with Crippen molar-refractivity contribution >= 4 is 34.2 Å². The van der Waals surface area contributed by atoms with Crippen molar-refractivity contribution < 1.29 is 36.8 Å². The minimum Gasteiger partial charge on any atom is -0.457 e. The predicted molar refractivity (Wildman–Crippen MR) is 170 cm³/mol. The average Bonchev–Trinajstić information content (AvgIpc) is 2.92. The summed E-state index contributed by atoms with van der Waals surface area (Å²) in [5.74, 6) is -0.979. The lowest BCUT2D eigenvalue weighted by molar-refractivity contribution is -0.149. The van der Waals surface area contributed by atoms with Crippen molar-refractivity contribution in [1.29, 1.82) is 0 Å². The molecule has 2 atom stereocenters. The van der Waals surface area contributed by atoms with Gasteiger partial charge in [0, 0.05) is 12.2 Å². The molecule has 0 aliphatic heterocycles. The van der Waals surface area contributed by atoms with E-state index in [0.717, 1.165) is 5.56 Å². The number of benzene rings is 3. The molecule has 0 bridgehead atoms. The maximum absolute atomic E-state index is 13.3. The molecule has 9 heteroatoms. The van der Waals surface area contributed by atoms with E-state index in [1.807, 2.05) is 6.92 Å². The normalized spacial score (nSPS) is 14.0. The first-order valence-corrected chi connectivity index (χ1v) is 15.5. The molecular formula is C35H40O8S. The van der Waals surface area contributed by atoms with Crippen molar-refractivity contribution in [2.75, 3.05) is 0 Å². The Morgan fingerprint density at radius 1 is 0.682 bits per heavy atom. The van der Waals surface area contributed by atoms with Gasteiger partial charge in [0.15, 0.2) is 0 Å². The Morgan fingerprint density at radius 3 is 1.50 bits per heavy atom. The summed E-state index contributed by atoms with van der Waals surface area (Å²) in [4.78, 5) is 24.0. The SMILES string of the molecule is Cc1ccc(S(=O)(=O)OC(c2ccc(/C=C/C(=O)OC(C)(C)C)cc2)C(O)c2ccc(/C=C/C(=O)OC(C)(C)C)cc2)cc1. The molecule has 234 valence electrons. The van der Waals surface area contributed by atoms with E-state index >= 15 is 0 Å².